The van der Waals surface area contributed by atoms with Gasteiger partial charge in [0.15, 0.2) is 0 Å². The topological polar surface area (TPSA) is 57.6 Å². The molecule has 1 aromatic carbocycles. The molecule has 1 N–H and O–H groups in total. The monoisotopic (exact) mass is 295 g/mol. The van der Waals surface area contributed by atoms with Crippen molar-refractivity contribution in [3.63, 3.8) is 0 Å². The van der Waals surface area contributed by atoms with E-state index in [2.05, 4.69) is 25.7 Å². The molecular formula is C15H21NO3S. The Hall–Kier alpha value is -1.35. The van der Waals surface area contributed by atoms with Crippen molar-refractivity contribution >= 4 is 10.0 Å². The highest BCUT2D eigenvalue weighted by atomic mass is 32.2. The first kappa shape index (κ1) is 16.7. The van der Waals surface area contributed by atoms with Gasteiger partial charge in [-0.1, -0.05) is 37.8 Å². The summed E-state index contributed by atoms with van der Waals surface area (Å²) >= 11 is 0. The summed E-state index contributed by atoms with van der Waals surface area (Å²) in [6.07, 6.45) is 0.806. The van der Waals surface area contributed by atoms with Crippen LogP contribution < -0.4 is 0 Å². The largest absolute Gasteiger partial charge is 0.384 e. The Bertz CT molecular complexity index is 597. The Kier molecular flexibility index (Phi) is 6.21. The van der Waals surface area contributed by atoms with Crippen molar-refractivity contribution in [3.05, 3.63) is 29.8 Å². The van der Waals surface area contributed by atoms with Gasteiger partial charge in [-0.25, -0.2) is 12.7 Å². The van der Waals surface area contributed by atoms with Gasteiger partial charge >= 0.3 is 0 Å². The molecule has 5 heteroatoms. The molecule has 0 saturated heterocycles. The Morgan fingerprint density at radius 1 is 1.30 bits per heavy atom. The smallest absolute Gasteiger partial charge is 0.244 e. The van der Waals surface area contributed by atoms with Gasteiger partial charge in [0, 0.05) is 19.2 Å². The molecule has 20 heavy (non-hydrogen) atoms. The summed E-state index contributed by atoms with van der Waals surface area (Å²) in [5.41, 5.74) is 0.415. The van der Waals surface area contributed by atoms with E-state index in [4.69, 9.17) is 5.11 Å². The Labute approximate surface area is 121 Å². The van der Waals surface area contributed by atoms with Crippen LogP contribution in [0.4, 0.5) is 0 Å². The van der Waals surface area contributed by atoms with E-state index in [9.17, 15) is 8.42 Å². The number of rotatable bonds is 5. The first-order valence-corrected chi connectivity index (χ1v) is 7.98. The van der Waals surface area contributed by atoms with Gasteiger partial charge in [-0.2, -0.15) is 0 Å². The van der Waals surface area contributed by atoms with E-state index in [0.717, 1.165) is 6.42 Å². The average molecular weight is 295 g/mol. The Morgan fingerprint density at radius 3 is 2.55 bits per heavy atom. The highest BCUT2D eigenvalue weighted by Gasteiger charge is 2.23. The molecule has 0 radical (unpaired) electrons. The molecule has 0 saturated carbocycles. The molecule has 0 bridgehead atoms. The van der Waals surface area contributed by atoms with Crippen molar-refractivity contribution in [2.75, 3.05) is 20.2 Å². The molecule has 1 rings (SSSR count). The Morgan fingerprint density at radius 2 is 1.95 bits per heavy atom. The van der Waals surface area contributed by atoms with Crippen LogP contribution in [0, 0.1) is 17.8 Å². The van der Waals surface area contributed by atoms with Crippen LogP contribution in [-0.2, 0) is 10.0 Å². The molecule has 0 spiro atoms. The van der Waals surface area contributed by atoms with Gasteiger partial charge in [0.25, 0.3) is 0 Å². The lowest BCUT2D eigenvalue weighted by molar-refractivity contribution is 0.350. The SMILES string of the molecule is CC(C)CCN(C)S(=O)(=O)c1ccccc1C#CCO. The lowest BCUT2D eigenvalue weighted by Gasteiger charge is -2.19. The molecule has 110 valence electrons. The van der Waals surface area contributed by atoms with Crippen LogP contribution in [0.3, 0.4) is 0 Å². The maximum atomic E-state index is 12.5. The highest BCUT2D eigenvalue weighted by Crippen LogP contribution is 2.19. The fourth-order valence-corrected chi connectivity index (χ4v) is 2.99. The van der Waals surface area contributed by atoms with Crippen molar-refractivity contribution in [3.8, 4) is 11.8 Å². The zero-order valence-electron chi connectivity index (χ0n) is 12.1. The van der Waals surface area contributed by atoms with Crippen molar-refractivity contribution in [2.24, 2.45) is 5.92 Å². The molecule has 0 atom stereocenters. The number of sulfonamides is 1. The van der Waals surface area contributed by atoms with E-state index in [1.165, 1.54) is 4.31 Å². The van der Waals surface area contributed by atoms with E-state index in [1.807, 2.05) is 0 Å². The molecule has 4 nitrogen and oxygen atoms in total. The van der Waals surface area contributed by atoms with Gasteiger partial charge in [-0.3, -0.25) is 0 Å². The molecule has 0 heterocycles. The number of hydrogen-bond acceptors (Lipinski definition) is 3. The number of nitrogens with zero attached hydrogens (tertiary/aromatic N) is 1. The summed E-state index contributed by atoms with van der Waals surface area (Å²) in [6, 6.07) is 6.59. The van der Waals surface area contributed by atoms with Gasteiger partial charge in [0.2, 0.25) is 10.0 Å². The van der Waals surface area contributed by atoms with Crippen LogP contribution in [0.25, 0.3) is 0 Å². The third-order valence-corrected chi connectivity index (χ3v) is 4.81. The predicted molar refractivity (Wildman–Crippen MR) is 79.7 cm³/mol. The summed E-state index contributed by atoms with van der Waals surface area (Å²) in [4.78, 5) is 0.187. The minimum atomic E-state index is -3.55. The lowest BCUT2D eigenvalue weighted by atomic mass is 10.1. The van der Waals surface area contributed by atoms with Crippen molar-refractivity contribution < 1.29 is 13.5 Å². The number of aliphatic hydroxyl groups is 1. The molecule has 0 amide bonds. The first-order chi connectivity index (χ1) is 9.39. The molecular weight excluding hydrogens is 274 g/mol. The second kappa shape index (κ2) is 7.44. The number of aliphatic hydroxyl groups excluding tert-OH is 1. The minimum Gasteiger partial charge on any atom is -0.384 e. The summed E-state index contributed by atoms with van der Waals surface area (Å²) in [7, 11) is -1.97. The van der Waals surface area contributed by atoms with E-state index >= 15 is 0 Å². The normalized spacial score (nSPS) is 11.5. The maximum Gasteiger partial charge on any atom is 0.244 e. The molecule has 0 aromatic heterocycles. The van der Waals surface area contributed by atoms with Gasteiger partial charge in [-0.05, 0) is 24.5 Å². The van der Waals surface area contributed by atoms with Crippen molar-refractivity contribution in [1.82, 2.24) is 4.31 Å². The van der Waals surface area contributed by atoms with Gasteiger partial charge in [0.05, 0.1) is 4.90 Å². The molecule has 0 aliphatic heterocycles. The average Bonchev–Trinajstić information content (AvgIpc) is 2.42. The summed E-state index contributed by atoms with van der Waals surface area (Å²) < 4.78 is 26.4. The predicted octanol–water partition coefficient (Wildman–Crippen LogP) is 1.70. The third-order valence-electron chi connectivity index (χ3n) is 2.90. The maximum absolute atomic E-state index is 12.5. The standard InChI is InChI=1S/C15H21NO3S/c1-13(2)10-11-16(3)20(18,19)15-9-5-4-7-14(15)8-6-12-17/h4-5,7,9,13,17H,10-12H2,1-3H3. The fraction of sp³-hybridized carbons (Fsp3) is 0.467. The van der Waals surface area contributed by atoms with E-state index in [-0.39, 0.29) is 11.5 Å². The minimum absolute atomic E-state index is 0.187. The van der Waals surface area contributed by atoms with E-state index in [0.29, 0.717) is 18.0 Å². The zero-order chi connectivity index (χ0) is 15.2. The molecule has 0 unspecified atom stereocenters. The molecule has 0 aliphatic rings. The van der Waals surface area contributed by atoms with E-state index in [1.54, 1.807) is 31.3 Å². The van der Waals surface area contributed by atoms with Gasteiger partial charge in [0.1, 0.15) is 6.61 Å². The second-order valence-corrected chi connectivity index (χ2v) is 6.98. The van der Waals surface area contributed by atoms with Crippen molar-refractivity contribution in [2.45, 2.75) is 25.2 Å². The van der Waals surface area contributed by atoms with Crippen LogP contribution in [0.1, 0.15) is 25.8 Å². The second-order valence-electron chi connectivity index (χ2n) is 4.97. The third kappa shape index (κ3) is 4.34. The van der Waals surface area contributed by atoms with Crippen LogP contribution in [0.2, 0.25) is 0 Å². The van der Waals surface area contributed by atoms with Crippen LogP contribution in [0.15, 0.2) is 29.2 Å². The van der Waals surface area contributed by atoms with E-state index < -0.39 is 10.0 Å². The zero-order valence-corrected chi connectivity index (χ0v) is 12.9. The summed E-state index contributed by atoms with van der Waals surface area (Å²) in [5.74, 6) is 5.61. The fourth-order valence-electron chi connectivity index (χ4n) is 1.66. The quantitative estimate of drug-likeness (QED) is 0.841. The number of hydrogen-bond donors (Lipinski definition) is 1. The van der Waals surface area contributed by atoms with Crippen LogP contribution >= 0.6 is 0 Å². The first-order valence-electron chi connectivity index (χ1n) is 6.54. The lowest BCUT2D eigenvalue weighted by Crippen LogP contribution is -2.29. The number of benzene rings is 1. The van der Waals surface area contributed by atoms with Gasteiger partial charge in [-0.15, -0.1) is 0 Å². The van der Waals surface area contributed by atoms with Crippen molar-refractivity contribution in [1.29, 1.82) is 0 Å². The van der Waals surface area contributed by atoms with Crippen LogP contribution in [-0.4, -0.2) is 38.0 Å². The summed E-state index contributed by atoms with van der Waals surface area (Å²) in [5, 5.41) is 8.74. The van der Waals surface area contributed by atoms with Crippen LogP contribution in [0.5, 0.6) is 0 Å². The highest BCUT2D eigenvalue weighted by molar-refractivity contribution is 7.89. The molecule has 0 fully saturated rings. The molecule has 0 aliphatic carbocycles. The van der Waals surface area contributed by atoms with Gasteiger partial charge < -0.3 is 5.11 Å². The Balaban J connectivity index is 3.09. The molecule has 1 aromatic rings. The summed E-state index contributed by atoms with van der Waals surface area (Å²) in [6.45, 7) is 4.29.